The number of aryl methyl sites for hydroxylation is 1. The van der Waals surface area contributed by atoms with Crippen LogP contribution in [-0.4, -0.2) is 35.3 Å². The van der Waals surface area contributed by atoms with Crippen LogP contribution in [0.5, 0.6) is 0 Å². The minimum Gasteiger partial charge on any atom is -0.345 e. The van der Waals surface area contributed by atoms with Crippen molar-refractivity contribution in [3.05, 3.63) is 71.3 Å². The third-order valence-corrected chi connectivity index (χ3v) is 5.60. The molecule has 2 aliphatic heterocycles. The fraction of sp³-hybridized carbons (Fsp3) is 0.333. The molecule has 0 bridgehead atoms. The number of carbonyl (C=O) groups excluding carboxylic acids is 2. The number of amides is 2. The zero-order valence-corrected chi connectivity index (χ0v) is 14.7. The summed E-state index contributed by atoms with van der Waals surface area (Å²) in [5, 5.41) is 3.20. The fourth-order valence-electron chi connectivity index (χ4n) is 4.07. The Morgan fingerprint density at radius 3 is 2.62 bits per heavy atom. The third-order valence-electron chi connectivity index (χ3n) is 5.60. The van der Waals surface area contributed by atoms with Gasteiger partial charge < -0.3 is 16.0 Å². The van der Waals surface area contributed by atoms with Crippen LogP contribution in [-0.2, 0) is 11.2 Å². The minimum absolute atomic E-state index is 0.0419. The van der Waals surface area contributed by atoms with Crippen molar-refractivity contribution in [3.8, 4) is 0 Å². The van der Waals surface area contributed by atoms with Crippen molar-refractivity contribution in [1.82, 2.24) is 10.2 Å². The third kappa shape index (κ3) is 2.99. The summed E-state index contributed by atoms with van der Waals surface area (Å²) in [6.07, 6.45) is 2.43. The first kappa shape index (κ1) is 16.8. The van der Waals surface area contributed by atoms with Crippen molar-refractivity contribution in [2.45, 2.75) is 30.8 Å². The molecule has 0 aromatic heterocycles. The Morgan fingerprint density at radius 2 is 1.81 bits per heavy atom. The van der Waals surface area contributed by atoms with Gasteiger partial charge in [-0.3, -0.25) is 9.59 Å². The number of likely N-dealkylation sites (tertiary alicyclic amines) is 1. The van der Waals surface area contributed by atoms with Crippen LogP contribution in [0.2, 0.25) is 0 Å². The summed E-state index contributed by atoms with van der Waals surface area (Å²) < 4.78 is 0. The maximum atomic E-state index is 12.8. The highest BCUT2D eigenvalue weighted by Gasteiger charge is 2.43. The van der Waals surface area contributed by atoms with E-state index in [0.29, 0.717) is 13.1 Å². The predicted octanol–water partition coefficient (Wildman–Crippen LogP) is 2.03. The standard InChI is InChI=1S/C21H23N3O2/c22-18(16-7-2-1-3-8-16)20(26)24-13-12-21(14-24)11-10-15-6-4-5-9-17(15)19(25)23-21/h1-9,18H,10-14,22H2,(H,23,25)/t18-,21-/m1/s1. The molecule has 2 aromatic carbocycles. The molecule has 1 saturated heterocycles. The number of hydrogen-bond acceptors (Lipinski definition) is 3. The monoisotopic (exact) mass is 349 g/mol. The SMILES string of the molecule is N[C@@H](C(=O)N1CC[C@]2(CCc3ccccc3C(=O)N2)C1)c1ccccc1. The summed E-state index contributed by atoms with van der Waals surface area (Å²) in [7, 11) is 0. The first-order valence-corrected chi connectivity index (χ1v) is 9.08. The number of nitrogens with zero attached hydrogens (tertiary/aromatic N) is 1. The van der Waals surface area contributed by atoms with Crippen molar-refractivity contribution in [2.24, 2.45) is 5.73 Å². The molecule has 2 aliphatic rings. The predicted molar refractivity (Wildman–Crippen MR) is 99.5 cm³/mol. The van der Waals surface area contributed by atoms with Crippen molar-refractivity contribution in [3.63, 3.8) is 0 Å². The van der Waals surface area contributed by atoms with E-state index in [9.17, 15) is 9.59 Å². The summed E-state index contributed by atoms with van der Waals surface area (Å²) in [6.45, 7) is 1.14. The van der Waals surface area contributed by atoms with Gasteiger partial charge in [0.25, 0.3) is 5.91 Å². The van der Waals surface area contributed by atoms with Crippen LogP contribution in [0.3, 0.4) is 0 Å². The minimum atomic E-state index is -0.662. The van der Waals surface area contributed by atoms with Crippen molar-refractivity contribution in [1.29, 1.82) is 0 Å². The average molecular weight is 349 g/mol. The smallest absolute Gasteiger partial charge is 0.252 e. The summed E-state index contributed by atoms with van der Waals surface area (Å²) >= 11 is 0. The number of benzene rings is 2. The van der Waals surface area contributed by atoms with E-state index < -0.39 is 6.04 Å². The van der Waals surface area contributed by atoms with Crippen LogP contribution in [0.25, 0.3) is 0 Å². The summed E-state index contributed by atoms with van der Waals surface area (Å²) in [4.78, 5) is 27.3. The van der Waals surface area contributed by atoms with Gasteiger partial charge in [0.15, 0.2) is 0 Å². The quantitative estimate of drug-likeness (QED) is 0.871. The molecule has 1 fully saturated rings. The summed E-state index contributed by atoms with van der Waals surface area (Å²) in [6, 6.07) is 16.5. The second-order valence-electron chi connectivity index (χ2n) is 7.29. The molecule has 3 N–H and O–H groups in total. The van der Waals surface area contributed by atoms with Gasteiger partial charge in [-0.1, -0.05) is 48.5 Å². The Bertz CT molecular complexity index is 836. The molecular weight excluding hydrogens is 326 g/mol. The lowest BCUT2D eigenvalue weighted by atomic mass is 9.91. The van der Waals surface area contributed by atoms with E-state index in [2.05, 4.69) is 5.32 Å². The van der Waals surface area contributed by atoms with Crippen molar-refractivity contribution < 1.29 is 9.59 Å². The maximum Gasteiger partial charge on any atom is 0.252 e. The largest absolute Gasteiger partial charge is 0.345 e. The normalized spacial score (nSPS) is 23.3. The molecular formula is C21H23N3O2. The molecule has 2 aromatic rings. The van der Waals surface area contributed by atoms with Crippen LogP contribution in [0, 0.1) is 0 Å². The molecule has 0 aliphatic carbocycles. The lowest BCUT2D eigenvalue weighted by Crippen LogP contribution is -2.50. The van der Waals surface area contributed by atoms with Crippen molar-refractivity contribution in [2.75, 3.05) is 13.1 Å². The highest BCUT2D eigenvalue weighted by atomic mass is 16.2. The first-order chi connectivity index (χ1) is 12.6. The van der Waals surface area contributed by atoms with E-state index in [-0.39, 0.29) is 17.4 Å². The van der Waals surface area contributed by atoms with Crippen LogP contribution < -0.4 is 11.1 Å². The number of rotatable bonds is 2. The number of carbonyl (C=O) groups is 2. The van der Waals surface area contributed by atoms with Crippen LogP contribution >= 0.6 is 0 Å². The topological polar surface area (TPSA) is 75.4 Å². The van der Waals surface area contributed by atoms with Gasteiger partial charge in [-0.2, -0.15) is 0 Å². The van der Waals surface area contributed by atoms with E-state index in [0.717, 1.165) is 36.0 Å². The second-order valence-corrected chi connectivity index (χ2v) is 7.29. The van der Waals surface area contributed by atoms with Gasteiger partial charge in [0.1, 0.15) is 6.04 Å². The Hall–Kier alpha value is -2.66. The molecule has 26 heavy (non-hydrogen) atoms. The van der Waals surface area contributed by atoms with Gasteiger partial charge in [-0.15, -0.1) is 0 Å². The zero-order chi connectivity index (χ0) is 18.1. The van der Waals surface area contributed by atoms with Crippen LogP contribution in [0.4, 0.5) is 0 Å². The molecule has 2 amide bonds. The Labute approximate surface area is 153 Å². The van der Waals surface area contributed by atoms with E-state index in [1.54, 1.807) is 4.90 Å². The molecule has 4 rings (SSSR count). The summed E-state index contributed by atoms with van der Waals surface area (Å²) in [5.41, 5.74) is 8.46. The Balaban J connectivity index is 1.50. The number of fused-ring (bicyclic) bond motifs is 1. The molecule has 1 spiro atoms. The number of hydrogen-bond donors (Lipinski definition) is 2. The van der Waals surface area contributed by atoms with Gasteiger partial charge in [0.2, 0.25) is 5.91 Å². The van der Waals surface area contributed by atoms with Crippen LogP contribution in [0.1, 0.15) is 40.4 Å². The molecule has 0 unspecified atom stereocenters. The second kappa shape index (κ2) is 6.57. The Morgan fingerprint density at radius 1 is 1.08 bits per heavy atom. The summed E-state index contributed by atoms with van der Waals surface area (Å²) in [5.74, 6) is -0.121. The highest BCUT2D eigenvalue weighted by molar-refractivity contribution is 5.96. The zero-order valence-electron chi connectivity index (χ0n) is 14.7. The molecule has 5 heteroatoms. The van der Waals surface area contributed by atoms with E-state index in [1.165, 1.54) is 0 Å². The van der Waals surface area contributed by atoms with Crippen LogP contribution in [0.15, 0.2) is 54.6 Å². The lowest BCUT2D eigenvalue weighted by Gasteiger charge is -2.29. The van der Waals surface area contributed by atoms with E-state index in [1.807, 2.05) is 54.6 Å². The van der Waals surface area contributed by atoms with E-state index >= 15 is 0 Å². The number of nitrogens with one attached hydrogen (secondary N) is 1. The molecule has 0 saturated carbocycles. The average Bonchev–Trinajstić information content (AvgIpc) is 3.04. The molecule has 5 nitrogen and oxygen atoms in total. The van der Waals surface area contributed by atoms with Crippen molar-refractivity contribution >= 4 is 11.8 Å². The maximum absolute atomic E-state index is 12.8. The first-order valence-electron chi connectivity index (χ1n) is 9.08. The number of nitrogens with two attached hydrogens (primary N) is 1. The Kier molecular flexibility index (Phi) is 4.24. The molecule has 2 heterocycles. The fourth-order valence-corrected chi connectivity index (χ4v) is 4.07. The lowest BCUT2D eigenvalue weighted by molar-refractivity contribution is -0.131. The highest BCUT2D eigenvalue weighted by Crippen LogP contribution is 2.31. The van der Waals surface area contributed by atoms with E-state index in [4.69, 9.17) is 5.73 Å². The molecule has 134 valence electrons. The molecule has 0 radical (unpaired) electrons. The van der Waals surface area contributed by atoms with Gasteiger partial charge in [-0.25, -0.2) is 0 Å². The van der Waals surface area contributed by atoms with Gasteiger partial charge in [0, 0.05) is 18.7 Å². The van der Waals surface area contributed by atoms with Gasteiger partial charge in [-0.05, 0) is 36.5 Å². The van der Waals surface area contributed by atoms with Gasteiger partial charge >= 0.3 is 0 Å². The molecule has 2 atom stereocenters. The van der Waals surface area contributed by atoms with Gasteiger partial charge in [0.05, 0.1) is 5.54 Å².